The molecule has 0 aliphatic carbocycles. The summed E-state index contributed by atoms with van der Waals surface area (Å²) in [6.07, 6.45) is 1.78. The van der Waals surface area contributed by atoms with Crippen LogP contribution in [0.3, 0.4) is 0 Å². The van der Waals surface area contributed by atoms with Gasteiger partial charge in [-0.25, -0.2) is 4.98 Å². The SMILES string of the molecule is Brc1ccc(NCc2cc3ccccc3o2)cn1. The number of para-hydroxylation sites is 1. The molecule has 0 unspecified atom stereocenters. The number of hydrogen-bond donors (Lipinski definition) is 1. The molecule has 0 spiro atoms. The van der Waals surface area contributed by atoms with E-state index in [-0.39, 0.29) is 0 Å². The smallest absolute Gasteiger partial charge is 0.134 e. The zero-order valence-corrected chi connectivity index (χ0v) is 11.1. The van der Waals surface area contributed by atoms with Gasteiger partial charge < -0.3 is 9.73 Å². The topological polar surface area (TPSA) is 38.1 Å². The predicted octanol–water partition coefficient (Wildman–Crippen LogP) is 4.20. The van der Waals surface area contributed by atoms with Gasteiger partial charge in [0.25, 0.3) is 0 Å². The Labute approximate surface area is 113 Å². The molecule has 0 amide bonds. The Hall–Kier alpha value is -1.81. The Morgan fingerprint density at radius 1 is 1.17 bits per heavy atom. The molecule has 3 nitrogen and oxygen atoms in total. The van der Waals surface area contributed by atoms with Crippen LogP contribution in [0.4, 0.5) is 5.69 Å². The second-order valence-electron chi connectivity index (χ2n) is 3.97. The van der Waals surface area contributed by atoms with E-state index in [9.17, 15) is 0 Å². The standard InChI is InChI=1S/C14H11BrN2O/c15-14-6-5-11(8-17-14)16-9-12-7-10-3-1-2-4-13(10)18-12/h1-8,16H,9H2. The molecule has 3 rings (SSSR count). The van der Waals surface area contributed by atoms with Crippen LogP contribution in [0.1, 0.15) is 5.76 Å². The molecular weight excluding hydrogens is 292 g/mol. The van der Waals surface area contributed by atoms with Crippen molar-refractivity contribution in [1.82, 2.24) is 4.98 Å². The molecule has 0 atom stereocenters. The minimum Gasteiger partial charge on any atom is -0.459 e. The van der Waals surface area contributed by atoms with Gasteiger partial charge in [-0.3, -0.25) is 0 Å². The van der Waals surface area contributed by atoms with Crippen LogP contribution in [0, 0.1) is 0 Å². The Morgan fingerprint density at radius 3 is 2.83 bits per heavy atom. The second-order valence-corrected chi connectivity index (χ2v) is 4.79. The van der Waals surface area contributed by atoms with Gasteiger partial charge in [0.1, 0.15) is 15.9 Å². The van der Waals surface area contributed by atoms with Crippen LogP contribution in [0.25, 0.3) is 11.0 Å². The van der Waals surface area contributed by atoms with Crippen molar-refractivity contribution in [2.75, 3.05) is 5.32 Å². The Morgan fingerprint density at radius 2 is 2.06 bits per heavy atom. The lowest BCUT2D eigenvalue weighted by Gasteiger charge is -2.03. The van der Waals surface area contributed by atoms with Crippen molar-refractivity contribution in [2.45, 2.75) is 6.54 Å². The first-order valence-electron chi connectivity index (χ1n) is 5.64. The maximum absolute atomic E-state index is 5.72. The Balaban J connectivity index is 1.74. The molecule has 1 N–H and O–H groups in total. The highest BCUT2D eigenvalue weighted by atomic mass is 79.9. The van der Waals surface area contributed by atoms with E-state index in [0.29, 0.717) is 6.54 Å². The number of furan rings is 1. The zero-order valence-electron chi connectivity index (χ0n) is 9.56. The minimum atomic E-state index is 0.651. The number of benzene rings is 1. The highest BCUT2D eigenvalue weighted by Gasteiger charge is 2.02. The number of anilines is 1. The fourth-order valence-electron chi connectivity index (χ4n) is 1.79. The van der Waals surface area contributed by atoms with Gasteiger partial charge in [0, 0.05) is 5.39 Å². The molecule has 0 aliphatic rings. The van der Waals surface area contributed by atoms with E-state index in [0.717, 1.165) is 27.0 Å². The molecule has 3 aromatic rings. The minimum absolute atomic E-state index is 0.651. The molecule has 0 fully saturated rings. The molecule has 0 aliphatic heterocycles. The summed E-state index contributed by atoms with van der Waals surface area (Å²) in [4.78, 5) is 4.16. The molecule has 1 aromatic carbocycles. The van der Waals surface area contributed by atoms with Gasteiger partial charge >= 0.3 is 0 Å². The number of hydrogen-bond acceptors (Lipinski definition) is 3. The normalized spacial score (nSPS) is 10.7. The number of pyridine rings is 1. The number of halogens is 1. The lowest BCUT2D eigenvalue weighted by Crippen LogP contribution is -1.98. The summed E-state index contributed by atoms with van der Waals surface area (Å²) in [7, 11) is 0. The van der Waals surface area contributed by atoms with Crippen LogP contribution >= 0.6 is 15.9 Å². The van der Waals surface area contributed by atoms with Crippen LogP contribution < -0.4 is 5.32 Å². The third-order valence-electron chi connectivity index (χ3n) is 2.67. The number of nitrogens with zero attached hydrogens (tertiary/aromatic N) is 1. The highest BCUT2D eigenvalue weighted by Crippen LogP contribution is 2.19. The number of fused-ring (bicyclic) bond motifs is 1. The maximum Gasteiger partial charge on any atom is 0.134 e. The molecule has 0 radical (unpaired) electrons. The fourth-order valence-corrected chi connectivity index (χ4v) is 2.03. The van der Waals surface area contributed by atoms with Gasteiger partial charge in [-0.2, -0.15) is 0 Å². The van der Waals surface area contributed by atoms with Crippen LogP contribution in [0.15, 0.2) is 57.7 Å². The summed E-state index contributed by atoms with van der Waals surface area (Å²) in [5, 5.41) is 4.40. The number of aromatic nitrogens is 1. The Kier molecular flexibility index (Phi) is 3.02. The van der Waals surface area contributed by atoms with Crippen LogP contribution in [0.5, 0.6) is 0 Å². The first kappa shape index (κ1) is 11.3. The molecule has 0 saturated heterocycles. The van der Waals surface area contributed by atoms with Gasteiger partial charge in [-0.1, -0.05) is 18.2 Å². The second kappa shape index (κ2) is 4.82. The van der Waals surface area contributed by atoms with Gasteiger partial charge in [0.15, 0.2) is 0 Å². The van der Waals surface area contributed by atoms with Crippen LogP contribution in [-0.2, 0) is 6.54 Å². The largest absolute Gasteiger partial charge is 0.459 e. The monoisotopic (exact) mass is 302 g/mol. The van der Waals surface area contributed by atoms with E-state index in [1.165, 1.54) is 0 Å². The van der Waals surface area contributed by atoms with Crippen molar-refractivity contribution >= 4 is 32.6 Å². The third-order valence-corrected chi connectivity index (χ3v) is 3.14. The average Bonchev–Trinajstić information content (AvgIpc) is 2.81. The molecule has 18 heavy (non-hydrogen) atoms. The average molecular weight is 303 g/mol. The third kappa shape index (κ3) is 2.38. The summed E-state index contributed by atoms with van der Waals surface area (Å²) in [6, 6.07) is 13.9. The molecule has 2 aromatic heterocycles. The van der Waals surface area contributed by atoms with Gasteiger partial charge in [-0.05, 0) is 40.2 Å². The van der Waals surface area contributed by atoms with E-state index in [1.807, 2.05) is 36.4 Å². The fraction of sp³-hybridized carbons (Fsp3) is 0.0714. The van der Waals surface area contributed by atoms with Crippen LogP contribution in [0.2, 0.25) is 0 Å². The van der Waals surface area contributed by atoms with E-state index < -0.39 is 0 Å². The van der Waals surface area contributed by atoms with Gasteiger partial charge in [-0.15, -0.1) is 0 Å². The number of rotatable bonds is 3. The van der Waals surface area contributed by atoms with Crippen molar-refractivity contribution < 1.29 is 4.42 Å². The quantitative estimate of drug-likeness (QED) is 0.737. The molecule has 2 heterocycles. The van der Waals surface area contributed by atoms with Crippen molar-refractivity contribution in [3.8, 4) is 0 Å². The summed E-state index contributed by atoms with van der Waals surface area (Å²) in [5.41, 5.74) is 1.89. The van der Waals surface area contributed by atoms with Crippen molar-refractivity contribution in [3.63, 3.8) is 0 Å². The molecule has 0 saturated carbocycles. The summed E-state index contributed by atoms with van der Waals surface area (Å²) >= 11 is 3.31. The van der Waals surface area contributed by atoms with Crippen molar-refractivity contribution in [2.24, 2.45) is 0 Å². The van der Waals surface area contributed by atoms with E-state index >= 15 is 0 Å². The summed E-state index contributed by atoms with van der Waals surface area (Å²) in [5.74, 6) is 0.916. The number of nitrogens with one attached hydrogen (secondary N) is 1. The molecule has 0 bridgehead atoms. The highest BCUT2D eigenvalue weighted by molar-refractivity contribution is 9.10. The van der Waals surface area contributed by atoms with E-state index in [2.05, 4.69) is 32.3 Å². The van der Waals surface area contributed by atoms with Gasteiger partial charge in [0.2, 0.25) is 0 Å². The molecule has 90 valence electrons. The first-order valence-corrected chi connectivity index (χ1v) is 6.43. The maximum atomic E-state index is 5.72. The van der Waals surface area contributed by atoms with Crippen molar-refractivity contribution in [1.29, 1.82) is 0 Å². The Bertz CT molecular complexity index is 628. The lowest BCUT2D eigenvalue weighted by molar-refractivity contribution is 0.559. The first-order chi connectivity index (χ1) is 8.81. The lowest BCUT2D eigenvalue weighted by atomic mass is 10.2. The zero-order chi connectivity index (χ0) is 12.4. The predicted molar refractivity (Wildman–Crippen MR) is 75.5 cm³/mol. The summed E-state index contributed by atoms with van der Waals surface area (Å²) in [6.45, 7) is 0.651. The van der Waals surface area contributed by atoms with E-state index in [4.69, 9.17) is 4.42 Å². The molecular formula is C14H11BrN2O. The van der Waals surface area contributed by atoms with Crippen LogP contribution in [-0.4, -0.2) is 4.98 Å². The van der Waals surface area contributed by atoms with Gasteiger partial charge in [0.05, 0.1) is 18.4 Å². The van der Waals surface area contributed by atoms with Crippen molar-refractivity contribution in [3.05, 3.63) is 59.0 Å². The molecule has 4 heteroatoms. The summed E-state index contributed by atoms with van der Waals surface area (Å²) < 4.78 is 6.55. The van der Waals surface area contributed by atoms with E-state index in [1.54, 1.807) is 6.20 Å².